The molecule has 6 heteroatoms. The molecule has 0 aromatic heterocycles. The quantitative estimate of drug-likeness (QED) is 0.831. The predicted molar refractivity (Wildman–Crippen MR) is 103 cm³/mol. The first kappa shape index (κ1) is 19.5. The number of carbonyl (C=O) groups excluding carboxylic acids is 2. The topological polar surface area (TPSA) is 67.9 Å². The van der Waals surface area contributed by atoms with Crippen molar-refractivity contribution in [1.82, 2.24) is 10.2 Å². The fourth-order valence-electron chi connectivity index (χ4n) is 4.11. The highest BCUT2D eigenvalue weighted by molar-refractivity contribution is 5.95. The van der Waals surface area contributed by atoms with Gasteiger partial charge < -0.3 is 19.7 Å². The van der Waals surface area contributed by atoms with Gasteiger partial charge in [-0.2, -0.15) is 0 Å². The summed E-state index contributed by atoms with van der Waals surface area (Å²) in [6.07, 6.45) is 7.23. The molecule has 0 bridgehead atoms. The third kappa shape index (κ3) is 4.93. The molecule has 1 saturated carbocycles. The van der Waals surface area contributed by atoms with E-state index in [-0.39, 0.29) is 17.9 Å². The summed E-state index contributed by atoms with van der Waals surface area (Å²) in [5.41, 5.74) is 0.549. The van der Waals surface area contributed by atoms with Gasteiger partial charge in [-0.05, 0) is 49.8 Å². The number of benzene rings is 1. The number of amides is 2. The third-order valence-electron chi connectivity index (χ3n) is 5.77. The van der Waals surface area contributed by atoms with Crippen LogP contribution in [0.2, 0.25) is 0 Å². The van der Waals surface area contributed by atoms with Gasteiger partial charge in [-0.25, -0.2) is 0 Å². The molecule has 1 aromatic carbocycles. The van der Waals surface area contributed by atoms with E-state index >= 15 is 0 Å². The molecule has 2 amide bonds. The number of piperidine rings is 1. The minimum Gasteiger partial charge on any atom is -0.493 e. The van der Waals surface area contributed by atoms with Gasteiger partial charge in [-0.15, -0.1) is 0 Å². The normalized spacial score (nSPS) is 18.4. The van der Waals surface area contributed by atoms with E-state index in [4.69, 9.17) is 9.47 Å². The molecule has 0 spiro atoms. The van der Waals surface area contributed by atoms with Crippen LogP contribution in [-0.4, -0.2) is 50.1 Å². The SMILES string of the molecule is COc1ccc(C(=O)NC2CCN(C(=O)CC3CCCC3)CC2)cc1OC. The van der Waals surface area contributed by atoms with Crippen molar-refractivity contribution < 1.29 is 19.1 Å². The van der Waals surface area contributed by atoms with Crippen LogP contribution >= 0.6 is 0 Å². The van der Waals surface area contributed by atoms with Crippen LogP contribution in [0.5, 0.6) is 11.5 Å². The number of rotatable bonds is 6. The van der Waals surface area contributed by atoms with E-state index in [1.54, 1.807) is 32.4 Å². The van der Waals surface area contributed by atoms with Gasteiger partial charge in [0.1, 0.15) is 0 Å². The maximum absolute atomic E-state index is 12.5. The van der Waals surface area contributed by atoms with Gasteiger partial charge in [0.2, 0.25) is 5.91 Å². The highest BCUT2D eigenvalue weighted by Gasteiger charge is 2.27. The molecule has 27 heavy (non-hydrogen) atoms. The van der Waals surface area contributed by atoms with Crippen LogP contribution in [-0.2, 0) is 4.79 Å². The molecule has 1 heterocycles. The zero-order chi connectivity index (χ0) is 19.2. The minimum atomic E-state index is -0.119. The molecule has 0 unspecified atom stereocenters. The van der Waals surface area contributed by atoms with Crippen molar-refractivity contribution >= 4 is 11.8 Å². The molecule has 3 rings (SSSR count). The van der Waals surface area contributed by atoms with Crippen LogP contribution in [0.4, 0.5) is 0 Å². The standard InChI is InChI=1S/C21H30N2O4/c1-26-18-8-7-16(14-19(18)27-2)21(25)22-17-9-11-23(12-10-17)20(24)13-15-5-3-4-6-15/h7-8,14-15,17H,3-6,9-13H2,1-2H3,(H,22,25). The lowest BCUT2D eigenvalue weighted by Crippen LogP contribution is -2.46. The molecule has 1 N–H and O–H groups in total. The molecule has 1 aromatic rings. The van der Waals surface area contributed by atoms with Gasteiger partial charge in [0.15, 0.2) is 11.5 Å². The van der Waals surface area contributed by atoms with Crippen LogP contribution in [0.25, 0.3) is 0 Å². The van der Waals surface area contributed by atoms with Crippen molar-refractivity contribution in [2.75, 3.05) is 27.3 Å². The van der Waals surface area contributed by atoms with Gasteiger partial charge in [0.05, 0.1) is 14.2 Å². The summed E-state index contributed by atoms with van der Waals surface area (Å²) >= 11 is 0. The molecule has 6 nitrogen and oxygen atoms in total. The molecule has 2 aliphatic rings. The van der Waals surface area contributed by atoms with Crippen LogP contribution in [0.3, 0.4) is 0 Å². The van der Waals surface area contributed by atoms with Gasteiger partial charge in [-0.3, -0.25) is 9.59 Å². The maximum atomic E-state index is 12.5. The van der Waals surface area contributed by atoms with E-state index in [1.807, 2.05) is 4.90 Å². The number of hydrogen-bond acceptors (Lipinski definition) is 4. The Morgan fingerprint density at radius 2 is 1.70 bits per heavy atom. The summed E-state index contributed by atoms with van der Waals surface area (Å²) in [7, 11) is 3.12. The highest BCUT2D eigenvalue weighted by Crippen LogP contribution is 2.29. The van der Waals surface area contributed by atoms with Gasteiger partial charge >= 0.3 is 0 Å². The number of methoxy groups -OCH3 is 2. The van der Waals surface area contributed by atoms with E-state index in [0.29, 0.717) is 29.4 Å². The second kappa shape index (κ2) is 9.11. The number of hydrogen-bond donors (Lipinski definition) is 1. The molecule has 1 aliphatic carbocycles. The lowest BCUT2D eigenvalue weighted by atomic mass is 10.0. The second-order valence-electron chi connectivity index (χ2n) is 7.55. The number of carbonyl (C=O) groups is 2. The molecular weight excluding hydrogens is 344 g/mol. The molecule has 1 saturated heterocycles. The summed E-state index contributed by atoms with van der Waals surface area (Å²) in [6, 6.07) is 5.25. The highest BCUT2D eigenvalue weighted by atomic mass is 16.5. The van der Waals surface area contributed by atoms with E-state index in [0.717, 1.165) is 25.9 Å². The molecule has 1 aliphatic heterocycles. The zero-order valence-electron chi connectivity index (χ0n) is 16.3. The summed E-state index contributed by atoms with van der Waals surface area (Å²) < 4.78 is 10.5. The lowest BCUT2D eigenvalue weighted by Gasteiger charge is -2.33. The summed E-state index contributed by atoms with van der Waals surface area (Å²) in [5, 5.41) is 3.08. The molecule has 148 valence electrons. The van der Waals surface area contributed by atoms with Crippen molar-refractivity contribution in [2.24, 2.45) is 5.92 Å². The Balaban J connectivity index is 1.48. The smallest absolute Gasteiger partial charge is 0.251 e. The van der Waals surface area contributed by atoms with Gasteiger partial charge in [0.25, 0.3) is 5.91 Å². The molecule has 2 fully saturated rings. The van der Waals surface area contributed by atoms with Crippen LogP contribution in [0.15, 0.2) is 18.2 Å². The fraction of sp³-hybridized carbons (Fsp3) is 0.619. The Morgan fingerprint density at radius 3 is 2.33 bits per heavy atom. The number of ether oxygens (including phenoxy) is 2. The van der Waals surface area contributed by atoms with Crippen molar-refractivity contribution in [3.05, 3.63) is 23.8 Å². The van der Waals surface area contributed by atoms with Crippen LogP contribution in [0, 0.1) is 5.92 Å². The molecular formula is C21H30N2O4. The van der Waals surface area contributed by atoms with Crippen molar-refractivity contribution in [3.63, 3.8) is 0 Å². The summed E-state index contributed by atoms with van der Waals surface area (Å²) in [6.45, 7) is 1.45. The Morgan fingerprint density at radius 1 is 1.04 bits per heavy atom. The number of likely N-dealkylation sites (tertiary alicyclic amines) is 1. The first-order valence-electron chi connectivity index (χ1n) is 9.91. The van der Waals surface area contributed by atoms with Crippen molar-refractivity contribution in [2.45, 2.75) is 51.0 Å². The van der Waals surface area contributed by atoms with E-state index in [2.05, 4.69) is 5.32 Å². The first-order valence-corrected chi connectivity index (χ1v) is 9.91. The van der Waals surface area contributed by atoms with Gasteiger partial charge in [0, 0.05) is 31.1 Å². The first-order chi connectivity index (χ1) is 13.1. The van der Waals surface area contributed by atoms with Crippen molar-refractivity contribution in [1.29, 1.82) is 0 Å². The zero-order valence-corrected chi connectivity index (χ0v) is 16.3. The second-order valence-corrected chi connectivity index (χ2v) is 7.55. The largest absolute Gasteiger partial charge is 0.493 e. The van der Waals surface area contributed by atoms with Crippen LogP contribution in [0.1, 0.15) is 55.3 Å². The van der Waals surface area contributed by atoms with E-state index < -0.39 is 0 Å². The Labute approximate surface area is 161 Å². The average molecular weight is 374 g/mol. The molecule has 0 atom stereocenters. The monoisotopic (exact) mass is 374 g/mol. The minimum absolute atomic E-state index is 0.0983. The Bertz CT molecular complexity index is 662. The van der Waals surface area contributed by atoms with Gasteiger partial charge in [-0.1, -0.05) is 12.8 Å². The van der Waals surface area contributed by atoms with Crippen molar-refractivity contribution in [3.8, 4) is 11.5 Å². The fourth-order valence-corrected chi connectivity index (χ4v) is 4.11. The summed E-state index contributed by atoms with van der Waals surface area (Å²) in [4.78, 5) is 27.0. The Hall–Kier alpha value is -2.24. The number of nitrogens with zero attached hydrogens (tertiary/aromatic N) is 1. The van der Waals surface area contributed by atoms with E-state index in [1.165, 1.54) is 25.7 Å². The maximum Gasteiger partial charge on any atom is 0.251 e. The van der Waals surface area contributed by atoms with E-state index in [9.17, 15) is 9.59 Å². The summed E-state index contributed by atoms with van der Waals surface area (Å²) in [5.74, 6) is 1.89. The average Bonchev–Trinajstić information content (AvgIpc) is 3.20. The third-order valence-corrected chi connectivity index (χ3v) is 5.77. The lowest BCUT2D eigenvalue weighted by molar-refractivity contribution is -0.133. The molecule has 0 radical (unpaired) electrons. The Kier molecular flexibility index (Phi) is 6.58. The number of nitrogens with one attached hydrogen (secondary N) is 1. The predicted octanol–water partition coefficient (Wildman–Crippen LogP) is 3.00. The van der Waals surface area contributed by atoms with Crippen LogP contribution < -0.4 is 14.8 Å².